The maximum atomic E-state index is 11.0. The summed E-state index contributed by atoms with van der Waals surface area (Å²) in [5.41, 5.74) is 0.794. The monoisotopic (exact) mass is 270 g/mol. The highest BCUT2D eigenvalue weighted by molar-refractivity contribution is 9.10. The maximum Gasteiger partial charge on any atom is 0.315 e. The van der Waals surface area contributed by atoms with Crippen LogP contribution in [0, 0.1) is 0 Å². The van der Waals surface area contributed by atoms with Crippen LogP contribution in [0.2, 0.25) is 0 Å². The van der Waals surface area contributed by atoms with E-state index in [4.69, 9.17) is 9.47 Å². The molecule has 0 spiro atoms. The fraction of sp³-hybridized carbons (Fsp3) is 0.200. The fourth-order valence-corrected chi connectivity index (χ4v) is 1.83. The molecule has 2 rings (SSSR count). The molecule has 0 fully saturated rings. The molecular weight excluding hydrogens is 264 g/mol. The highest BCUT2D eigenvalue weighted by Crippen LogP contribution is 2.36. The Morgan fingerprint density at radius 2 is 2.27 bits per heavy atom. The number of halogens is 1. The Morgan fingerprint density at radius 1 is 1.53 bits per heavy atom. The number of esters is 2. The summed E-state index contributed by atoms with van der Waals surface area (Å²) in [7, 11) is 0. The van der Waals surface area contributed by atoms with Crippen molar-refractivity contribution in [3.8, 4) is 11.5 Å². The van der Waals surface area contributed by atoms with Crippen LogP contribution in [-0.4, -0.2) is 11.9 Å². The average Bonchev–Trinajstić information content (AvgIpc) is 2.44. The lowest BCUT2D eigenvalue weighted by Gasteiger charge is -2.05. The Hall–Kier alpha value is -1.36. The van der Waals surface area contributed by atoms with Gasteiger partial charge in [-0.05, 0) is 22.0 Å². The van der Waals surface area contributed by atoms with E-state index in [2.05, 4.69) is 15.9 Å². The lowest BCUT2D eigenvalue weighted by atomic mass is 10.1. The topological polar surface area (TPSA) is 52.6 Å². The molecule has 1 aliphatic heterocycles. The van der Waals surface area contributed by atoms with E-state index in [1.165, 1.54) is 13.0 Å². The van der Waals surface area contributed by atoms with Gasteiger partial charge in [-0.3, -0.25) is 9.59 Å². The SMILES string of the molecule is CC(=O)Oc1cc2c(cc1Br)CC(=O)O2. The molecule has 1 heterocycles. The summed E-state index contributed by atoms with van der Waals surface area (Å²) < 4.78 is 10.5. The molecule has 0 saturated heterocycles. The van der Waals surface area contributed by atoms with Crippen molar-refractivity contribution < 1.29 is 19.1 Å². The van der Waals surface area contributed by atoms with Gasteiger partial charge < -0.3 is 9.47 Å². The van der Waals surface area contributed by atoms with Gasteiger partial charge in [0.1, 0.15) is 11.5 Å². The Labute approximate surface area is 94.3 Å². The Kier molecular flexibility index (Phi) is 2.48. The van der Waals surface area contributed by atoms with E-state index < -0.39 is 5.97 Å². The van der Waals surface area contributed by atoms with E-state index in [0.29, 0.717) is 16.0 Å². The third-order valence-electron chi connectivity index (χ3n) is 1.93. The predicted octanol–water partition coefficient (Wildman–Crippen LogP) is 1.84. The van der Waals surface area contributed by atoms with Crippen LogP contribution in [0.5, 0.6) is 11.5 Å². The molecular formula is C10H7BrO4. The Bertz CT molecular complexity index is 453. The van der Waals surface area contributed by atoms with E-state index in [-0.39, 0.29) is 12.4 Å². The molecule has 1 aromatic carbocycles. The van der Waals surface area contributed by atoms with Crippen LogP contribution in [-0.2, 0) is 16.0 Å². The molecule has 0 unspecified atom stereocenters. The molecule has 0 aliphatic carbocycles. The van der Waals surface area contributed by atoms with Gasteiger partial charge >= 0.3 is 11.9 Å². The zero-order valence-corrected chi connectivity index (χ0v) is 9.46. The number of carbonyl (C=O) groups excluding carboxylic acids is 2. The van der Waals surface area contributed by atoms with Crippen molar-refractivity contribution in [2.45, 2.75) is 13.3 Å². The first kappa shape index (κ1) is 10.2. The molecule has 78 valence electrons. The van der Waals surface area contributed by atoms with Gasteiger partial charge in [-0.1, -0.05) is 0 Å². The molecule has 0 aromatic heterocycles. The van der Waals surface area contributed by atoms with Crippen LogP contribution in [0.25, 0.3) is 0 Å². The minimum Gasteiger partial charge on any atom is -0.426 e. The van der Waals surface area contributed by atoms with Gasteiger partial charge in [0.25, 0.3) is 0 Å². The second-order valence-corrected chi connectivity index (χ2v) is 3.99. The number of carbonyl (C=O) groups is 2. The largest absolute Gasteiger partial charge is 0.426 e. The minimum atomic E-state index is -0.417. The fourth-order valence-electron chi connectivity index (χ4n) is 1.36. The molecule has 0 amide bonds. The molecule has 4 nitrogen and oxygen atoms in total. The number of ether oxygens (including phenoxy) is 2. The van der Waals surface area contributed by atoms with Crippen LogP contribution >= 0.6 is 15.9 Å². The Balaban J connectivity index is 2.39. The molecule has 15 heavy (non-hydrogen) atoms. The van der Waals surface area contributed by atoms with Gasteiger partial charge in [0.05, 0.1) is 10.9 Å². The van der Waals surface area contributed by atoms with Crippen LogP contribution in [0.3, 0.4) is 0 Å². The van der Waals surface area contributed by atoms with Crippen molar-refractivity contribution in [2.24, 2.45) is 0 Å². The van der Waals surface area contributed by atoms with Gasteiger partial charge in [0, 0.05) is 18.6 Å². The molecule has 1 aliphatic rings. The summed E-state index contributed by atoms with van der Waals surface area (Å²) in [5, 5.41) is 0. The van der Waals surface area contributed by atoms with Gasteiger partial charge in [-0.25, -0.2) is 0 Å². The second-order valence-electron chi connectivity index (χ2n) is 3.13. The lowest BCUT2D eigenvalue weighted by molar-refractivity contribution is -0.132. The molecule has 0 saturated carbocycles. The summed E-state index contributed by atoms with van der Waals surface area (Å²) >= 11 is 3.25. The van der Waals surface area contributed by atoms with Crippen molar-refractivity contribution in [1.29, 1.82) is 0 Å². The van der Waals surface area contributed by atoms with Crippen molar-refractivity contribution in [2.75, 3.05) is 0 Å². The van der Waals surface area contributed by atoms with Gasteiger partial charge in [-0.15, -0.1) is 0 Å². The van der Waals surface area contributed by atoms with Crippen LogP contribution in [0.4, 0.5) is 0 Å². The highest BCUT2D eigenvalue weighted by Gasteiger charge is 2.22. The minimum absolute atomic E-state index is 0.258. The zero-order valence-electron chi connectivity index (χ0n) is 7.87. The third-order valence-corrected chi connectivity index (χ3v) is 2.55. The maximum absolute atomic E-state index is 11.0. The second kappa shape index (κ2) is 3.66. The summed E-state index contributed by atoms with van der Waals surface area (Å²) in [6.07, 6.45) is 0.258. The van der Waals surface area contributed by atoms with E-state index in [0.717, 1.165) is 5.56 Å². The Morgan fingerprint density at radius 3 is 2.93 bits per heavy atom. The van der Waals surface area contributed by atoms with E-state index in [1.807, 2.05) is 0 Å². The summed E-state index contributed by atoms with van der Waals surface area (Å²) in [6, 6.07) is 3.25. The molecule has 0 N–H and O–H groups in total. The first-order chi connectivity index (χ1) is 7.06. The van der Waals surface area contributed by atoms with Gasteiger partial charge in [-0.2, -0.15) is 0 Å². The van der Waals surface area contributed by atoms with Crippen LogP contribution < -0.4 is 9.47 Å². The van der Waals surface area contributed by atoms with E-state index in [1.54, 1.807) is 6.07 Å². The normalized spacial score (nSPS) is 13.3. The quantitative estimate of drug-likeness (QED) is 0.577. The number of fused-ring (bicyclic) bond motifs is 1. The van der Waals surface area contributed by atoms with Crippen molar-refractivity contribution in [3.63, 3.8) is 0 Å². The highest BCUT2D eigenvalue weighted by atomic mass is 79.9. The molecule has 5 heteroatoms. The predicted molar refractivity (Wildman–Crippen MR) is 54.8 cm³/mol. The average molecular weight is 271 g/mol. The van der Waals surface area contributed by atoms with Crippen LogP contribution in [0.1, 0.15) is 12.5 Å². The lowest BCUT2D eigenvalue weighted by Crippen LogP contribution is -2.02. The first-order valence-electron chi connectivity index (χ1n) is 4.28. The van der Waals surface area contributed by atoms with Crippen molar-refractivity contribution in [3.05, 3.63) is 22.2 Å². The van der Waals surface area contributed by atoms with E-state index in [9.17, 15) is 9.59 Å². The van der Waals surface area contributed by atoms with Gasteiger partial charge in [0.15, 0.2) is 0 Å². The van der Waals surface area contributed by atoms with Gasteiger partial charge in [0.2, 0.25) is 0 Å². The third kappa shape index (κ3) is 2.02. The molecule has 0 atom stereocenters. The van der Waals surface area contributed by atoms with Crippen molar-refractivity contribution >= 4 is 27.9 Å². The smallest absolute Gasteiger partial charge is 0.315 e. The number of benzene rings is 1. The summed E-state index contributed by atoms with van der Waals surface area (Å²) in [5.74, 6) is 0.104. The first-order valence-corrected chi connectivity index (χ1v) is 5.07. The van der Waals surface area contributed by atoms with E-state index >= 15 is 0 Å². The van der Waals surface area contributed by atoms with Crippen molar-refractivity contribution in [1.82, 2.24) is 0 Å². The zero-order chi connectivity index (χ0) is 11.0. The standard InChI is InChI=1S/C10H7BrO4/c1-5(12)14-9-4-8-6(2-7(9)11)3-10(13)15-8/h2,4H,3H2,1H3. The molecule has 0 bridgehead atoms. The number of hydrogen-bond donors (Lipinski definition) is 0. The summed E-state index contributed by atoms with van der Waals surface area (Å²) in [4.78, 5) is 21.8. The van der Waals surface area contributed by atoms with Crippen LogP contribution in [0.15, 0.2) is 16.6 Å². The number of hydrogen-bond acceptors (Lipinski definition) is 4. The summed E-state index contributed by atoms with van der Waals surface area (Å²) in [6.45, 7) is 1.31. The molecule has 1 aromatic rings. The molecule has 0 radical (unpaired) electrons. The number of rotatable bonds is 1.